The van der Waals surface area contributed by atoms with Crippen molar-refractivity contribution in [1.29, 1.82) is 0 Å². The van der Waals surface area contributed by atoms with Crippen LogP contribution in [0.4, 0.5) is 13.2 Å². The van der Waals surface area contributed by atoms with E-state index in [1.807, 2.05) is 33.9 Å². The summed E-state index contributed by atoms with van der Waals surface area (Å²) in [6.07, 6.45) is 1.09. The summed E-state index contributed by atoms with van der Waals surface area (Å²) in [6.45, 7) is 1.13. The Morgan fingerprint density at radius 1 is 1.12 bits per heavy atom. The minimum atomic E-state index is -1.13. The molecule has 2 aromatic carbocycles. The van der Waals surface area contributed by atoms with Crippen LogP contribution in [-0.4, -0.2) is 37.1 Å². The SMILES string of the molecule is CO[C@@H]1[C@@H](NC(=O)c2ccsc2)c2ccccc2C12CCN(Cc1c(F)ccc(F)c1F)CC2. The van der Waals surface area contributed by atoms with Crippen molar-refractivity contribution >= 4 is 17.2 Å². The quantitative estimate of drug-likeness (QED) is 0.504. The Kier molecular flexibility index (Phi) is 6.22. The van der Waals surface area contributed by atoms with E-state index >= 15 is 0 Å². The molecule has 1 saturated heterocycles. The first-order chi connectivity index (χ1) is 16.4. The maximum Gasteiger partial charge on any atom is 0.252 e. The van der Waals surface area contributed by atoms with Gasteiger partial charge >= 0.3 is 0 Å². The highest BCUT2D eigenvalue weighted by Crippen LogP contribution is 2.52. The number of benzene rings is 2. The molecule has 2 atom stereocenters. The Labute approximate surface area is 200 Å². The van der Waals surface area contributed by atoms with Crippen LogP contribution < -0.4 is 5.32 Å². The van der Waals surface area contributed by atoms with Gasteiger partial charge in [0.15, 0.2) is 11.6 Å². The fourth-order valence-electron chi connectivity index (χ4n) is 5.59. The number of carbonyl (C=O) groups excluding carboxylic acids is 1. The molecule has 1 aromatic heterocycles. The Morgan fingerprint density at radius 3 is 2.56 bits per heavy atom. The van der Waals surface area contributed by atoms with Gasteiger partial charge in [0.2, 0.25) is 0 Å². The number of amides is 1. The number of hydrogen-bond donors (Lipinski definition) is 1. The standard InChI is InChI=1S/C26H25F3N2O2S/c1-33-24-23(30-25(32)16-8-13-34-15-16)17-4-2-3-5-19(17)26(24)9-11-31(12-10-26)14-18-20(27)6-7-21(28)22(18)29/h2-8,13,15,23-24H,9-12,14H2,1H3,(H,30,32)/t23-,24+/m0/s1. The Morgan fingerprint density at radius 2 is 1.85 bits per heavy atom. The molecule has 1 aliphatic carbocycles. The lowest BCUT2D eigenvalue weighted by atomic mass is 9.71. The van der Waals surface area contributed by atoms with E-state index in [-0.39, 0.29) is 35.6 Å². The molecule has 2 heterocycles. The highest BCUT2D eigenvalue weighted by molar-refractivity contribution is 7.08. The van der Waals surface area contributed by atoms with E-state index in [0.29, 0.717) is 31.5 Å². The topological polar surface area (TPSA) is 41.6 Å². The first kappa shape index (κ1) is 23.1. The number of rotatable bonds is 5. The maximum atomic E-state index is 14.2. The number of thiophene rings is 1. The summed E-state index contributed by atoms with van der Waals surface area (Å²) in [4.78, 5) is 14.8. The number of likely N-dealkylation sites (tertiary alicyclic amines) is 1. The molecule has 8 heteroatoms. The highest BCUT2D eigenvalue weighted by atomic mass is 32.1. The van der Waals surface area contributed by atoms with Crippen LogP contribution in [-0.2, 0) is 16.7 Å². The molecule has 1 fully saturated rings. The van der Waals surface area contributed by atoms with E-state index in [1.54, 1.807) is 13.2 Å². The molecule has 4 nitrogen and oxygen atoms in total. The van der Waals surface area contributed by atoms with E-state index in [0.717, 1.165) is 23.3 Å². The van der Waals surface area contributed by atoms with Crippen LogP contribution in [0, 0.1) is 17.5 Å². The number of nitrogens with one attached hydrogen (secondary N) is 1. The average Bonchev–Trinajstić information content (AvgIpc) is 3.47. The summed E-state index contributed by atoms with van der Waals surface area (Å²) in [5.74, 6) is -3.05. The van der Waals surface area contributed by atoms with Gasteiger partial charge in [-0.25, -0.2) is 13.2 Å². The maximum absolute atomic E-state index is 14.2. The van der Waals surface area contributed by atoms with Crippen LogP contribution in [0.25, 0.3) is 0 Å². The molecule has 5 rings (SSSR count). The van der Waals surface area contributed by atoms with Gasteiger partial charge in [-0.05, 0) is 60.6 Å². The van der Waals surface area contributed by atoms with Crippen molar-refractivity contribution in [1.82, 2.24) is 10.2 Å². The van der Waals surface area contributed by atoms with Crippen molar-refractivity contribution in [3.8, 4) is 0 Å². The molecular weight excluding hydrogens is 461 g/mol. The fraction of sp³-hybridized carbons (Fsp3) is 0.346. The number of methoxy groups -OCH3 is 1. The van der Waals surface area contributed by atoms with Crippen LogP contribution in [0.1, 0.15) is 45.9 Å². The normalized spacial score (nSPS) is 21.5. The van der Waals surface area contributed by atoms with Crippen LogP contribution in [0.5, 0.6) is 0 Å². The molecular formula is C26H25F3N2O2S. The van der Waals surface area contributed by atoms with Crippen LogP contribution in [0.15, 0.2) is 53.2 Å². The molecule has 178 valence electrons. The van der Waals surface area contributed by atoms with Gasteiger partial charge in [-0.15, -0.1) is 0 Å². The van der Waals surface area contributed by atoms with E-state index in [9.17, 15) is 18.0 Å². The predicted octanol–water partition coefficient (Wildman–Crippen LogP) is 5.20. The van der Waals surface area contributed by atoms with Crippen molar-refractivity contribution in [2.45, 2.75) is 36.9 Å². The minimum absolute atomic E-state index is 0.00310. The van der Waals surface area contributed by atoms with Gasteiger partial charge in [-0.1, -0.05) is 24.3 Å². The number of ether oxygens (including phenoxy) is 1. The first-order valence-corrected chi connectivity index (χ1v) is 12.2. The first-order valence-electron chi connectivity index (χ1n) is 11.2. The van der Waals surface area contributed by atoms with Gasteiger partial charge in [0, 0.05) is 30.0 Å². The zero-order valence-electron chi connectivity index (χ0n) is 18.7. The molecule has 1 amide bonds. The third-order valence-electron chi connectivity index (χ3n) is 7.27. The lowest BCUT2D eigenvalue weighted by Crippen LogP contribution is -2.50. The van der Waals surface area contributed by atoms with Gasteiger partial charge in [0.1, 0.15) is 5.82 Å². The second kappa shape index (κ2) is 9.17. The molecule has 1 aliphatic heterocycles. The van der Waals surface area contributed by atoms with Gasteiger partial charge in [-0.2, -0.15) is 11.3 Å². The van der Waals surface area contributed by atoms with Crippen LogP contribution in [0.2, 0.25) is 0 Å². The zero-order chi connectivity index (χ0) is 23.9. The zero-order valence-corrected chi connectivity index (χ0v) is 19.5. The fourth-order valence-corrected chi connectivity index (χ4v) is 6.23. The molecule has 0 unspecified atom stereocenters. The van der Waals surface area contributed by atoms with Gasteiger partial charge in [0.25, 0.3) is 5.91 Å². The van der Waals surface area contributed by atoms with E-state index in [2.05, 4.69) is 11.4 Å². The Balaban J connectivity index is 1.39. The molecule has 0 saturated carbocycles. The molecule has 34 heavy (non-hydrogen) atoms. The summed E-state index contributed by atoms with van der Waals surface area (Å²) < 4.78 is 48.1. The summed E-state index contributed by atoms with van der Waals surface area (Å²) >= 11 is 1.47. The number of hydrogen-bond acceptors (Lipinski definition) is 4. The molecule has 0 radical (unpaired) electrons. The van der Waals surface area contributed by atoms with E-state index < -0.39 is 17.5 Å². The Bertz CT molecular complexity index is 1190. The number of nitrogens with zero attached hydrogens (tertiary/aromatic N) is 1. The van der Waals surface area contributed by atoms with Crippen molar-refractivity contribution < 1.29 is 22.7 Å². The third kappa shape index (κ3) is 3.83. The molecule has 2 aliphatic rings. The summed E-state index contributed by atoms with van der Waals surface area (Å²) in [5, 5.41) is 6.85. The number of fused-ring (bicyclic) bond motifs is 2. The molecule has 0 bridgehead atoms. The van der Waals surface area contributed by atoms with Crippen LogP contribution >= 0.6 is 11.3 Å². The van der Waals surface area contributed by atoms with Gasteiger partial charge < -0.3 is 10.1 Å². The summed E-state index contributed by atoms with van der Waals surface area (Å²) in [6, 6.07) is 11.3. The largest absolute Gasteiger partial charge is 0.378 e. The molecule has 3 aromatic rings. The number of piperidine rings is 1. The highest BCUT2D eigenvalue weighted by Gasteiger charge is 2.54. The summed E-state index contributed by atoms with van der Waals surface area (Å²) in [7, 11) is 1.66. The Hall–Kier alpha value is -2.68. The monoisotopic (exact) mass is 486 g/mol. The predicted molar refractivity (Wildman–Crippen MR) is 124 cm³/mol. The van der Waals surface area contributed by atoms with Crippen molar-refractivity contribution in [2.75, 3.05) is 20.2 Å². The van der Waals surface area contributed by atoms with Crippen LogP contribution in [0.3, 0.4) is 0 Å². The number of halogens is 3. The lowest BCUT2D eigenvalue weighted by molar-refractivity contribution is -0.0124. The van der Waals surface area contributed by atoms with E-state index in [4.69, 9.17) is 4.74 Å². The van der Waals surface area contributed by atoms with E-state index in [1.165, 1.54) is 11.3 Å². The second-order valence-corrected chi connectivity index (χ2v) is 9.74. The second-order valence-electron chi connectivity index (χ2n) is 8.96. The van der Waals surface area contributed by atoms with Gasteiger partial charge in [-0.3, -0.25) is 9.69 Å². The number of carbonyl (C=O) groups is 1. The van der Waals surface area contributed by atoms with Crippen molar-refractivity contribution in [2.24, 2.45) is 0 Å². The van der Waals surface area contributed by atoms with Crippen molar-refractivity contribution in [3.05, 3.63) is 92.9 Å². The van der Waals surface area contributed by atoms with Gasteiger partial charge in [0.05, 0.1) is 17.7 Å². The smallest absolute Gasteiger partial charge is 0.252 e. The minimum Gasteiger partial charge on any atom is -0.378 e. The average molecular weight is 487 g/mol. The molecule has 1 N–H and O–H groups in total. The lowest BCUT2D eigenvalue weighted by Gasteiger charge is -2.44. The third-order valence-corrected chi connectivity index (χ3v) is 7.96. The van der Waals surface area contributed by atoms with Crippen molar-refractivity contribution in [3.63, 3.8) is 0 Å². The summed E-state index contributed by atoms with van der Waals surface area (Å²) in [5.41, 5.74) is 2.21. The molecule has 1 spiro atoms.